The van der Waals surface area contributed by atoms with Gasteiger partial charge in [-0.15, -0.1) is 0 Å². The zero-order valence-electron chi connectivity index (χ0n) is 12.8. The predicted molar refractivity (Wildman–Crippen MR) is 79.5 cm³/mol. The number of H-pyrrole nitrogens is 1. The van der Waals surface area contributed by atoms with Crippen LogP contribution in [-0.4, -0.2) is 43.9 Å². The van der Waals surface area contributed by atoms with Gasteiger partial charge in [0.1, 0.15) is 4.90 Å². The Morgan fingerprint density at radius 1 is 1.48 bits per heavy atom. The van der Waals surface area contributed by atoms with E-state index in [1.807, 2.05) is 6.92 Å². The number of nitrogens with one attached hydrogen (secondary N) is 3. The topological polar surface area (TPSA) is 96.1 Å². The Morgan fingerprint density at radius 2 is 2.19 bits per heavy atom. The van der Waals surface area contributed by atoms with Gasteiger partial charge in [0.25, 0.3) is 0 Å². The minimum Gasteiger partial charge on any atom is -0.380 e. The molecule has 1 aliphatic carbocycles. The van der Waals surface area contributed by atoms with E-state index in [0.717, 1.165) is 12.8 Å². The molecule has 1 fully saturated rings. The average Bonchev–Trinajstić information content (AvgIpc) is 3.16. The Labute approximate surface area is 125 Å². The maximum absolute atomic E-state index is 12.5. The highest BCUT2D eigenvalue weighted by molar-refractivity contribution is 7.89. The van der Waals surface area contributed by atoms with E-state index in [1.54, 1.807) is 13.8 Å². The van der Waals surface area contributed by atoms with Crippen LogP contribution in [0.3, 0.4) is 0 Å². The first kappa shape index (κ1) is 16.4. The van der Waals surface area contributed by atoms with Gasteiger partial charge in [-0.25, -0.2) is 13.1 Å². The van der Waals surface area contributed by atoms with Crippen molar-refractivity contribution in [1.82, 2.24) is 20.2 Å². The van der Waals surface area contributed by atoms with Crippen LogP contribution in [0.2, 0.25) is 0 Å². The van der Waals surface area contributed by atoms with E-state index >= 15 is 0 Å². The summed E-state index contributed by atoms with van der Waals surface area (Å²) in [7, 11) is -3.60. The van der Waals surface area contributed by atoms with E-state index in [4.69, 9.17) is 4.74 Å². The number of aromatic amines is 1. The molecule has 1 heterocycles. The summed E-state index contributed by atoms with van der Waals surface area (Å²) in [6, 6.07) is 0.218. The molecule has 0 spiro atoms. The molecule has 1 aliphatic rings. The fraction of sp³-hybridized carbons (Fsp3) is 0.769. The maximum Gasteiger partial charge on any atom is 0.244 e. The lowest BCUT2D eigenvalue weighted by molar-refractivity contribution is 0.133. The molecule has 1 aromatic heterocycles. The Bertz CT molecular complexity index is 566. The first-order valence-electron chi connectivity index (χ1n) is 7.31. The summed E-state index contributed by atoms with van der Waals surface area (Å²) in [6.07, 6.45) is 2.30. The van der Waals surface area contributed by atoms with Crippen molar-refractivity contribution in [2.75, 3.05) is 13.2 Å². The molecule has 7 nitrogen and oxygen atoms in total. The van der Waals surface area contributed by atoms with E-state index in [9.17, 15) is 8.42 Å². The van der Waals surface area contributed by atoms with Gasteiger partial charge in [0, 0.05) is 25.2 Å². The van der Waals surface area contributed by atoms with Gasteiger partial charge >= 0.3 is 0 Å². The van der Waals surface area contributed by atoms with Crippen molar-refractivity contribution in [1.29, 1.82) is 0 Å². The predicted octanol–water partition coefficient (Wildman–Crippen LogP) is 0.673. The van der Waals surface area contributed by atoms with E-state index < -0.39 is 10.0 Å². The van der Waals surface area contributed by atoms with Crippen LogP contribution in [0.4, 0.5) is 0 Å². The molecule has 8 heteroatoms. The van der Waals surface area contributed by atoms with Crippen molar-refractivity contribution in [3.8, 4) is 0 Å². The third-order valence-electron chi connectivity index (χ3n) is 3.29. The summed E-state index contributed by atoms with van der Waals surface area (Å²) in [5.41, 5.74) is 1.09. The van der Waals surface area contributed by atoms with E-state index in [-0.39, 0.29) is 10.9 Å². The van der Waals surface area contributed by atoms with Crippen molar-refractivity contribution in [3.05, 3.63) is 11.4 Å². The molecule has 120 valence electrons. The van der Waals surface area contributed by atoms with Crippen molar-refractivity contribution in [2.24, 2.45) is 0 Å². The number of nitrogens with zero attached hydrogens (tertiary/aromatic N) is 1. The molecule has 0 bridgehead atoms. The number of hydrogen-bond acceptors (Lipinski definition) is 5. The van der Waals surface area contributed by atoms with Gasteiger partial charge < -0.3 is 10.1 Å². The average molecular weight is 316 g/mol. The molecule has 21 heavy (non-hydrogen) atoms. The zero-order chi connectivity index (χ0) is 15.5. The van der Waals surface area contributed by atoms with E-state index in [2.05, 4.69) is 20.2 Å². The van der Waals surface area contributed by atoms with Crippen molar-refractivity contribution in [2.45, 2.75) is 57.1 Å². The van der Waals surface area contributed by atoms with Crippen LogP contribution in [-0.2, 0) is 21.3 Å². The van der Waals surface area contributed by atoms with Crippen molar-refractivity contribution in [3.63, 3.8) is 0 Å². The van der Waals surface area contributed by atoms with Crippen LogP contribution in [0, 0.1) is 6.92 Å². The minimum atomic E-state index is -3.60. The highest BCUT2D eigenvalue weighted by Gasteiger charge is 2.27. The van der Waals surface area contributed by atoms with Crippen molar-refractivity contribution >= 4 is 10.0 Å². The van der Waals surface area contributed by atoms with Crippen molar-refractivity contribution < 1.29 is 13.2 Å². The molecule has 2 rings (SSSR count). The fourth-order valence-electron chi connectivity index (χ4n) is 2.13. The molecular formula is C13H24N4O3S. The standard InChI is InChI=1S/C13H24N4O3S/c1-4-20-8-9(2)17-21(18,19)13-10(3)15-16-12(13)7-14-11-5-6-11/h9,11,14,17H,4-8H2,1-3H3,(H,15,16). The van der Waals surface area contributed by atoms with Crippen LogP contribution in [0.5, 0.6) is 0 Å². The Hall–Kier alpha value is -0.960. The van der Waals surface area contributed by atoms with Gasteiger partial charge in [-0.05, 0) is 33.6 Å². The molecule has 1 aromatic rings. The SMILES string of the molecule is CCOCC(C)NS(=O)(=O)c1c(CNC2CC2)n[nH]c1C. The Balaban J connectivity index is 2.08. The molecular weight excluding hydrogens is 292 g/mol. The first-order chi connectivity index (χ1) is 9.94. The molecule has 0 saturated heterocycles. The number of rotatable bonds is 9. The lowest BCUT2D eigenvalue weighted by Crippen LogP contribution is -2.36. The number of sulfonamides is 1. The molecule has 1 saturated carbocycles. The van der Waals surface area contributed by atoms with Crippen LogP contribution >= 0.6 is 0 Å². The van der Waals surface area contributed by atoms with Gasteiger partial charge in [0.15, 0.2) is 0 Å². The Morgan fingerprint density at radius 3 is 2.81 bits per heavy atom. The molecule has 0 radical (unpaired) electrons. The Kier molecular flexibility index (Phi) is 5.37. The third kappa shape index (κ3) is 4.50. The van der Waals surface area contributed by atoms with Gasteiger partial charge in [-0.1, -0.05) is 0 Å². The van der Waals surface area contributed by atoms with Crippen LogP contribution in [0.15, 0.2) is 4.90 Å². The molecule has 0 aliphatic heterocycles. The minimum absolute atomic E-state index is 0.249. The smallest absolute Gasteiger partial charge is 0.244 e. The van der Waals surface area contributed by atoms with Gasteiger partial charge in [-0.3, -0.25) is 5.10 Å². The fourth-order valence-corrected chi connectivity index (χ4v) is 3.72. The highest BCUT2D eigenvalue weighted by atomic mass is 32.2. The molecule has 3 N–H and O–H groups in total. The number of ether oxygens (including phenoxy) is 1. The second-order valence-electron chi connectivity index (χ2n) is 5.46. The highest BCUT2D eigenvalue weighted by Crippen LogP contribution is 2.22. The van der Waals surface area contributed by atoms with Crippen LogP contribution < -0.4 is 10.0 Å². The quantitative estimate of drug-likeness (QED) is 0.622. The second kappa shape index (κ2) is 6.87. The molecule has 0 aromatic carbocycles. The molecule has 1 unspecified atom stereocenters. The summed E-state index contributed by atoms with van der Waals surface area (Å²) in [5.74, 6) is 0. The normalized spacial score (nSPS) is 17.1. The van der Waals surface area contributed by atoms with Crippen LogP contribution in [0.25, 0.3) is 0 Å². The number of hydrogen-bond donors (Lipinski definition) is 3. The van der Waals surface area contributed by atoms with E-state index in [0.29, 0.717) is 37.2 Å². The largest absolute Gasteiger partial charge is 0.380 e. The first-order valence-corrected chi connectivity index (χ1v) is 8.79. The second-order valence-corrected chi connectivity index (χ2v) is 7.11. The zero-order valence-corrected chi connectivity index (χ0v) is 13.6. The van der Waals surface area contributed by atoms with Gasteiger partial charge in [0.05, 0.1) is 18.0 Å². The van der Waals surface area contributed by atoms with E-state index in [1.165, 1.54) is 0 Å². The summed E-state index contributed by atoms with van der Waals surface area (Å²) in [4.78, 5) is 0.249. The summed E-state index contributed by atoms with van der Waals surface area (Å²) in [5, 5.41) is 10.2. The summed E-state index contributed by atoms with van der Waals surface area (Å²) in [6.45, 7) is 6.75. The summed E-state index contributed by atoms with van der Waals surface area (Å²) >= 11 is 0. The number of aryl methyl sites for hydroxylation is 1. The molecule has 1 atom stereocenters. The van der Waals surface area contributed by atoms with Gasteiger partial charge in [0.2, 0.25) is 10.0 Å². The van der Waals surface area contributed by atoms with Crippen LogP contribution in [0.1, 0.15) is 38.1 Å². The monoisotopic (exact) mass is 316 g/mol. The summed E-state index contributed by atoms with van der Waals surface area (Å²) < 4.78 is 32.9. The van der Waals surface area contributed by atoms with Gasteiger partial charge in [-0.2, -0.15) is 5.10 Å². The number of aromatic nitrogens is 2. The molecule has 0 amide bonds. The lowest BCUT2D eigenvalue weighted by atomic mass is 10.3. The lowest BCUT2D eigenvalue weighted by Gasteiger charge is -2.14. The maximum atomic E-state index is 12.5. The third-order valence-corrected chi connectivity index (χ3v) is 5.09.